The Hall–Kier alpha value is -0.930. The Morgan fingerprint density at radius 3 is 2.26 bits per heavy atom. The lowest BCUT2D eigenvalue weighted by atomic mass is 9.95. The fourth-order valence-electron chi connectivity index (χ4n) is 2.05. The number of nitrogens with one attached hydrogen (secondary N) is 1. The number of nitro groups is 1. The first kappa shape index (κ1) is 22.1. The van der Waals surface area contributed by atoms with E-state index in [2.05, 4.69) is 4.72 Å². The third-order valence-corrected chi connectivity index (χ3v) is 5.84. The van der Waals surface area contributed by atoms with Crippen LogP contribution in [0.2, 0.25) is 5.02 Å². The zero-order valence-electron chi connectivity index (χ0n) is 13.1. The topological polar surface area (TPSA) is 115 Å². The van der Waals surface area contributed by atoms with Gasteiger partial charge in [-0.25, -0.2) is 13.1 Å². The van der Waals surface area contributed by atoms with Gasteiger partial charge in [-0.15, -0.1) is 12.4 Å². The van der Waals surface area contributed by atoms with Gasteiger partial charge in [0.25, 0.3) is 5.69 Å². The van der Waals surface area contributed by atoms with Crippen LogP contribution in [0.1, 0.15) is 32.3 Å². The first-order valence-corrected chi connectivity index (χ1v) is 8.67. The van der Waals surface area contributed by atoms with Crippen molar-refractivity contribution in [1.82, 2.24) is 4.72 Å². The van der Waals surface area contributed by atoms with Crippen molar-refractivity contribution in [3.63, 3.8) is 0 Å². The molecule has 1 aromatic carbocycles. The number of benzene rings is 1. The van der Waals surface area contributed by atoms with E-state index in [9.17, 15) is 18.5 Å². The monoisotopic (exact) mass is 385 g/mol. The molecule has 7 nitrogen and oxygen atoms in total. The standard InChI is InChI=1S/C13H20ClN3O4S.ClH/c1-4-13(5-2,8-15)16-22(20,21)10-6-11(14)9(3)12(7-10)17(18)19;/h6-7,16H,4-5,8,15H2,1-3H3;1H. The molecule has 0 saturated heterocycles. The van der Waals surface area contributed by atoms with Crippen molar-refractivity contribution in [3.8, 4) is 0 Å². The molecule has 3 N–H and O–H groups in total. The largest absolute Gasteiger partial charge is 0.329 e. The predicted molar refractivity (Wildman–Crippen MR) is 92.8 cm³/mol. The molecule has 0 amide bonds. The van der Waals surface area contributed by atoms with Crippen LogP contribution in [0.5, 0.6) is 0 Å². The predicted octanol–water partition coefficient (Wildman–Crippen LogP) is 2.77. The molecule has 0 aliphatic rings. The number of rotatable bonds is 7. The van der Waals surface area contributed by atoms with Gasteiger partial charge in [0.1, 0.15) is 0 Å². The number of nitrogens with zero attached hydrogens (tertiary/aromatic N) is 1. The van der Waals surface area contributed by atoms with Crippen LogP contribution in [0.25, 0.3) is 0 Å². The molecule has 1 rings (SSSR count). The first-order valence-electron chi connectivity index (χ1n) is 6.81. The molecule has 0 heterocycles. The Kier molecular flexibility index (Phi) is 7.92. The Morgan fingerprint density at radius 1 is 1.35 bits per heavy atom. The van der Waals surface area contributed by atoms with Crippen LogP contribution >= 0.6 is 24.0 Å². The van der Waals surface area contributed by atoms with E-state index in [0.717, 1.165) is 6.07 Å². The van der Waals surface area contributed by atoms with Gasteiger partial charge >= 0.3 is 0 Å². The summed E-state index contributed by atoms with van der Waals surface area (Å²) in [7, 11) is -3.97. The molecule has 0 fully saturated rings. The van der Waals surface area contributed by atoms with Gasteiger partial charge in [0, 0.05) is 23.7 Å². The van der Waals surface area contributed by atoms with Gasteiger partial charge < -0.3 is 5.73 Å². The van der Waals surface area contributed by atoms with Crippen molar-refractivity contribution in [2.45, 2.75) is 44.0 Å². The summed E-state index contributed by atoms with van der Waals surface area (Å²) in [5, 5.41) is 11.0. The van der Waals surface area contributed by atoms with E-state index < -0.39 is 20.5 Å². The highest BCUT2D eigenvalue weighted by atomic mass is 35.5. The molecule has 0 aliphatic heterocycles. The maximum absolute atomic E-state index is 12.5. The highest BCUT2D eigenvalue weighted by molar-refractivity contribution is 7.89. The molecule has 1 aromatic rings. The molecule has 0 aliphatic carbocycles. The molecule has 0 saturated carbocycles. The second kappa shape index (κ2) is 8.25. The summed E-state index contributed by atoms with van der Waals surface area (Å²) in [6.45, 7) is 5.24. The third kappa shape index (κ3) is 4.77. The van der Waals surface area contributed by atoms with Gasteiger partial charge in [0.2, 0.25) is 10.0 Å². The summed E-state index contributed by atoms with van der Waals surface area (Å²) < 4.78 is 27.6. The van der Waals surface area contributed by atoms with Crippen molar-refractivity contribution in [3.05, 3.63) is 32.8 Å². The molecular formula is C13H21Cl2N3O4S. The summed E-state index contributed by atoms with van der Waals surface area (Å²) in [6.07, 6.45) is 1.00. The summed E-state index contributed by atoms with van der Waals surface area (Å²) in [4.78, 5) is 10.1. The number of hydrogen-bond acceptors (Lipinski definition) is 5. The van der Waals surface area contributed by atoms with Crippen LogP contribution in [0.4, 0.5) is 5.69 Å². The Balaban J connectivity index is 0.00000484. The van der Waals surface area contributed by atoms with E-state index in [1.807, 2.05) is 13.8 Å². The van der Waals surface area contributed by atoms with Crippen LogP contribution in [-0.2, 0) is 10.0 Å². The quantitative estimate of drug-likeness (QED) is 0.552. The van der Waals surface area contributed by atoms with Gasteiger partial charge in [0.15, 0.2) is 0 Å². The fraction of sp³-hybridized carbons (Fsp3) is 0.538. The van der Waals surface area contributed by atoms with Crippen LogP contribution in [0.15, 0.2) is 17.0 Å². The minimum atomic E-state index is -3.97. The zero-order valence-corrected chi connectivity index (χ0v) is 15.5. The maximum Gasteiger partial charge on any atom is 0.275 e. The molecule has 0 radical (unpaired) electrons. The molecule has 0 spiro atoms. The van der Waals surface area contributed by atoms with Crippen molar-refractivity contribution in [2.24, 2.45) is 5.73 Å². The summed E-state index contributed by atoms with van der Waals surface area (Å²) in [5.74, 6) is 0. The van der Waals surface area contributed by atoms with E-state index in [4.69, 9.17) is 17.3 Å². The van der Waals surface area contributed by atoms with Gasteiger partial charge in [-0.2, -0.15) is 0 Å². The summed E-state index contributed by atoms with van der Waals surface area (Å²) in [5.41, 5.74) is 4.79. The highest BCUT2D eigenvalue weighted by Gasteiger charge is 2.32. The number of sulfonamides is 1. The molecule has 0 atom stereocenters. The van der Waals surface area contributed by atoms with Gasteiger partial charge in [-0.05, 0) is 25.8 Å². The lowest BCUT2D eigenvalue weighted by Gasteiger charge is -2.31. The Labute approximate surface area is 147 Å². The zero-order chi connectivity index (χ0) is 17.1. The molecule has 10 heteroatoms. The van der Waals surface area contributed by atoms with E-state index in [0.29, 0.717) is 12.8 Å². The fourth-order valence-corrected chi connectivity index (χ4v) is 3.93. The molecule has 0 bridgehead atoms. The molecular weight excluding hydrogens is 365 g/mol. The third-order valence-electron chi connectivity index (χ3n) is 3.89. The smallest absolute Gasteiger partial charge is 0.275 e. The van der Waals surface area contributed by atoms with Gasteiger partial charge in [-0.3, -0.25) is 10.1 Å². The van der Waals surface area contributed by atoms with Crippen LogP contribution in [-0.4, -0.2) is 25.4 Å². The minimum Gasteiger partial charge on any atom is -0.329 e. The second-order valence-electron chi connectivity index (χ2n) is 5.10. The SMILES string of the molecule is CCC(CC)(CN)NS(=O)(=O)c1cc(Cl)c(C)c([N+](=O)[O-])c1.Cl. The van der Waals surface area contributed by atoms with Gasteiger partial charge in [-0.1, -0.05) is 25.4 Å². The molecule has 132 valence electrons. The van der Waals surface area contributed by atoms with E-state index >= 15 is 0 Å². The van der Waals surface area contributed by atoms with Crippen molar-refractivity contribution >= 4 is 39.7 Å². The number of nitrogens with two attached hydrogens (primary N) is 1. The summed E-state index contributed by atoms with van der Waals surface area (Å²) in [6, 6.07) is 2.22. The average molecular weight is 386 g/mol. The van der Waals surface area contributed by atoms with E-state index in [1.54, 1.807) is 0 Å². The maximum atomic E-state index is 12.5. The second-order valence-corrected chi connectivity index (χ2v) is 7.19. The van der Waals surface area contributed by atoms with Crippen LogP contribution < -0.4 is 10.5 Å². The van der Waals surface area contributed by atoms with Crippen LogP contribution in [0.3, 0.4) is 0 Å². The van der Waals surface area contributed by atoms with Gasteiger partial charge in [0.05, 0.1) is 14.8 Å². The average Bonchev–Trinajstić information content (AvgIpc) is 2.47. The van der Waals surface area contributed by atoms with Crippen LogP contribution in [0, 0.1) is 17.0 Å². The van der Waals surface area contributed by atoms with Crippen molar-refractivity contribution < 1.29 is 13.3 Å². The minimum absolute atomic E-state index is 0. The van der Waals surface area contributed by atoms with Crippen molar-refractivity contribution in [1.29, 1.82) is 0 Å². The normalized spacial score (nSPS) is 11.9. The lowest BCUT2D eigenvalue weighted by molar-refractivity contribution is -0.385. The van der Waals surface area contributed by atoms with Crippen molar-refractivity contribution in [2.75, 3.05) is 6.54 Å². The lowest BCUT2D eigenvalue weighted by Crippen LogP contribution is -2.52. The van der Waals surface area contributed by atoms with E-state index in [1.165, 1.54) is 13.0 Å². The Bertz CT molecular complexity index is 668. The molecule has 0 aromatic heterocycles. The first-order chi connectivity index (χ1) is 10.1. The van der Waals surface area contributed by atoms with E-state index in [-0.39, 0.29) is 40.1 Å². The number of hydrogen-bond donors (Lipinski definition) is 2. The highest BCUT2D eigenvalue weighted by Crippen LogP contribution is 2.30. The molecule has 0 unspecified atom stereocenters. The summed E-state index contributed by atoms with van der Waals surface area (Å²) >= 11 is 5.92. The number of nitro benzene ring substituents is 1. The Morgan fingerprint density at radius 2 is 1.87 bits per heavy atom. The molecule has 23 heavy (non-hydrogen) atoms. The number of halogens is 2.